The van der Waals surface area contributed by atoms with Gasteiger partial charge >= 0.3 is 0 Å². The van der Waals surface area contributed by atoms with Crippen molar-refractivity contribution in [3.05, 3.63) is 11.6 Å². The van der Waals surface area contributed by atoms with E-state index < -0.39 is 0 Å². The van der Waals surface area contributed by atoms with Crippen LogP contribution in [-0.4, -0.2) is 48.9 Å². The maximum absolute atomic E-state index is 11.6. The zero-order chi connectivity index (χ0) is 11.0. The molecule has 4 heteroatoms. The van der Waals surface area contributed by atoms with Gasteiger partial charge < -0.3 is 4.90 Å². The maximum Gasteiger partial charge on any atom is 0.236 e. The number of rotatable bonds is 6. The Labute approximate surface area is 91.3 Å². The van der Waals surface area contributed by atoms with E-state index in [0.29, 0.717) is 13.1 Å². The van der Waals surface area contributed by atoms with Crippen LogP contribution in [0.5, 0.6) is 0 Å². The average Bonchev–Trinajstić information content (AvgIpc) is 2.16. The highest BCUT2D eigenvalue weighted by Gasteiger charge is 2.10. The van der Waals surface area contributed by atoms with Crippen molar-refractivity contribution in [2.45, 2.75) is 13.8 Å². The molecule has 0 aromatic rings. The largest absolute Gasteiger partial charge is 0.342 e. The van der Waals surface area contributed by atoms with Gasteiger partial charge in [-0.1, -0.05) is 17.7 Å². The molecule has 0 unspecified atom stereocenters. The number of nitrogens with zero attached hydrogens (tertiary/aromatic N) is 2. The van der Waals surface area contributed by atoms with Crippen molar-refractivity contribution in [3.63, 3.8) is 0 Å². The van der Waals surface area contributed by atoms with Crippen LogP contribution in [0.4, 0.5) is 0 Å². The molecule has 0 heterocycles. The van der Waals surface area contributed by atoms with Gasteiger partial charge in [-0.25, -0.2) is 0 Å². The number of amides is 1. The topological polar surface area (TPSA) is 23.6 Å². The van der Waals surface area contributed by atoms with Crippen molar-refractivity contribution >= 4 is 17.5 Å². The quantitative estimate of drug-likeness (QED) is 0.675. The van der Waals surface area contributed by atoms with Crippen molar-refractivity contribution < 1.29 is 4.79 Å². The molecule has 82 valence electrons. The molecule has 0 saturated heterocycles. The fraction of sp³-hybridized carbons (Fsp3) is 0.700. The third kappa shape index (κ3) is 5.25. The zero-order valence-electron chi connectivity index (χ0n) is 9.16. The summed E-state index contributed by atoms with van der Waals surface area (Å²) in [4.78, 5) is 15.4. The van der Waals surface area contributed by atoms with E-state index in [-0.39, 0.29) is 5.91 Å². The molecular weight excluding hydrogens is 200 g/mol. The van der Waals surface area contributed by atoms with E-state index in [4.69, 9.17) is 11.6 Å². The minimum Gasteiger partial charge on any atom is -0.342 e. The highest BCUT2D eigenvalue weighted by atomic mass is 35.5. The molecule has 0 aliphatic rings. The molecule has 0 spiro atoms. The van der Waals surface area contributed by atoms with E-state index in [1.54, 1.807) is 0 Å². The van der Waals surface area contributed by atoms with Crippen molar-refractivity contribution in [2.24, 2.45) is 0 Å². The summed E-state index contributed by atoms with van der Waals surface area (Å²) in [7, 11) is 1.90. The van der Waals surface area contributed by atoms with E-state index in [2.05, 4.69) is 0 Å². The molecule has 14 heavy (non-hydrogen) atoms. The Kier molecular flexibility index (Phi) is 7.52. The summed E-state index contributed by atoms with van der Waals surface area (Å²) >= 11 is 5.40. The maximum atomic E-state index is 11.6. The van der Waals surface area contributed by atoms with Gasteiger partial charge in [-0.2, -0.15) is 0 Å². The molecule has 0 aromatic carbocycles. The third-order valence-electron chi connectivity index (χ3n) is 2.03. The molecule has 0 aliphatic heterocycles. The van der Waals surface area contributed by atoms with Crippen LogP contribution in [0.2, 0.25) is 0 Å². The molecule has 0 radical (unpaired) electrons. The molecule has 1 amide bonds. The van der Waals surface area contributed by atoms with E-state index in [1.165, 1.54) is 5.54 Å². The minimum absolute atomic E-state index is 0.167. The molecule has 0 aliphatic carbocycles. The Morgan fingerprint density at radius 3 is 2.36 bits per heavy atom. The number of hydrogen-bond donors (Lipinski definition) is 0. The van der Waals surface area contributed by atoms with E-state index in [0.717, 1.165) is 13.1 Å². The monoisotopic (exact) mass is 218 g/mol. The summed E-state index contributed by atoms with van der Waals surface area (Å²) in [5.41, 5.74) is 1.47. The van der Waals surface area contributed by atoms with Gasteiger partial charge in [0.2, 0.25) is 5.91 Å². The van der Waals surface area contributed by atoms with Gasteiger partial charge in [-0.15, -0.1) is 0 Å². The summed E-state index contributed by atoms with van der Waals surface area (Å²) < 4.78 is 0. The summed E-state index contributed by atoms with van der Waals surface area (Å²) in [6.07, 6.45) is 1.82. The molecule has 0 rings (SSSR count). The summed E-state index contributed by atoms with van der Waals surface area (Å²) in [6, 6.07) is 0. The smallest absolute Gasteiger partial charge is 0.236 e. The van der Waals surface area contributed by atoms with Crippen LogP contribution in [0.3, 0.4) is 0 Å². The lowest BCUT2D eigenvalue weighted by Crippen LogP contribution is -2.38. The average molecular weight is 219 g/mol. The van der Waals surface area contributed by atoms with Crippen molar-refractivity contribution in [1.82, 2.24) is 9.80 Å². The van der Waals surface area contributed by atoms with Crippen LogP contribution in [0, 0.1) is 0 Å². The van der Waals surface area contributed by atoms with Gasteiger partial charge in [0, 0.05) is 25.2 Å². The summed E-state index contributed by atoms with van der Waals surface area (Å²) in [5.74, 6) is 0.167. The Bertz CT molecular complexity index is 191. The SMILES string of the molecule is CCN(CC)C(=O)CN(C)C/C=C/Cl. The lowest BCUT2D eigenvalue weighted by Gasteiger charge is -2.22. The van der Waals surface area contributed by atoms with Gasteiger partial charge in [0.25, 0.3) is 0 Å². The summed E-state index contributed by atoms with van der Waals surface area (Å²) in [6.45, 7) is 6.67. The number of carbonyl (C=O) groups is 1. The predicted molar refractivity (Wildman–Crippen MR) is 60.4 cm³/mol. The van der Waals surface area contributed by atoms with Crippen molar-refractivity contribution in [1.29, 1.82) is 0 Å². The van der Waals surface area contributed by atoms with Crippen LogP contribution in [0.25, 0.3) is 0 Å². The van der Waals surface area contributed by atoms with Gasteiger partial charge in [0.15, 0.2) is 0 Å². The first-order chi connectivity index (χ1) is 6.65. The molecule has 0 fully saturated rings. The lowest BCUT2D eigenvalue weighted by molar-refractivity contribution is -0.131. The molecular formula is C10H19ClN2O. The molecule has 0 saturated carbocycles. The third-order valence-corrected chi connectivity index (χ3v) is 2.21. The number of halogens is 1. The fourth-order valence-corrected chi connectivity index (χ4v) is 1.27. The second-order valence-corrected chi connectivity index (χ2v) is 3.38. The summed E-state index contributed by atoms with van der Waals surface area (Å²) in [5, 5.41) is 0. The van der Waals surface area contributed by atoms with E-state index in [9.17, 15) is 4.79 Å². The van der Waals surface area contributed by atoms with E-state index in [1.807, 2.05) is 36.8 Å². The first-order valence-electron chi connectivity index (χ1n) is 4.87. The van der Waals surface area contributed by atoms with Crippen LogP contribution in [0.15, 0.2) is 11.6 Å². The van der Waals surface area contributed by atoms with Crippen molar-refractivity contribution in [2.75, 3.05) is 33.2 Å². The highest BCUT2D eigenvalue weighted by Crippen LogP contribution is 1.92. The number of likely N-dealkylation sites (N-methyl/N-ethyl adjacent to an activating group) is 2. The Morgan fingerprint density at radius 1 is 1.36 bits per heavy atom. The molecule has 0 bridgehead atoms. The Morgan fingerprint density at radius 2 is 1.93 bits per heavy atom. The first kappa shape index (κ1) is 13.5. The molecule has 0 aromatic heterocycles. The first-order valence-corrected chi connectivity index (χ1v) is 5.30. The Balaban J connectivity index is 3.91. The second kappa shape index (κ2) is 7.83. The van der Waals surface area contributed by atoms with Crippen LogP contribution in [-0.2, 0) is 4.79 Å². The lowest BCUT2D eigenvalue weighted by atomic mass is 10.4. The highest BCUT2D eigenvalue weighted by molar-refractivity contribution is 6.25. The molecule has 0 N–H and O–H groups in total. The number of carbonyl (C=O) groups excluding carboxylic acids is 1. The second-order valence-electron chi connectivity index (χ2n) is 3.12. The number of hydrogen-bond acceptors (Lipinski definition) is 2. The van der Waals surface area contributed by atoms with Crippen molar-refractivity contribution in [3.8, 4) is 0 Å². The van der Waals surface area contributed by atoms with E-state index >= 15 is 0 Å². The minimum atomic E-state index is 0.167. The normalized spacial score (nSPS) is 11.2. The van der Waals surface area contributed by atoms with Crippen LogP contribution < -0.4 is 0 Å². The van der Waals surface area contributed by atoms with Gasteiger partial charge in [0.05, 0.1) is 6.54 Å². The van der Waals surface area contributed by atoms with Crippen LogP contribution >= 0.6 is 11.6 Å². The predicted octanol–water partition coefficient (Wildman–Crippen LogP) is 1.54. The fourth-order valence-electron chi connectivity index (χ4n) is 1.19. The standard InChI is InChI=1S/C10H19ClN2O/c1-4-13(5-2)10(14)9-12(3)8-6-7-11/h6-7H,4-5,8-9H2,1-3H3/b7-6+. The Hall–Kier alpha value is -0.540. The van der Waals surface area contributed by atoms with Gasteiger partial charge in [-0.05, 0) is 20.9 Å². The van der Waals surface area contributed by atoms with Gasteiger partial charge in [0.1, 0.15) is 0 Å². The molecule has 3 nitrogen and oxygen atoms in total. The van der Waals surface area contributed by atoms with Gasteiger partial charge in [-0.3, -0.25) is 9.69 Å². The zero-order valence-corrected chi connectivity index (χ0v) is 9.92. The van der Waals surface area contributed by atoms with Crippen LogP contribution in [0.1, 0.15) is 13.8 Å². The molecule has 0 atom stereocenters.